The monoisotopic (exact) mass is 164 g/mol. The van der Waals surface area contributed by atoms with E-state index in [9.17, 15) is 0 Å². The molecule has 0 bridgehead atoms. The van der Waals surface area contributed by atoms with E-state index in [0.29, 0.717) is 5.92 Å². The van der Waals surface area contributed by atoms with Crippen LogP contribution < -0.4 is 10.6 Å². The molecule has 2 N–H and O–H groups in total. The minimum absolute atomic E-state index is 0.645. The standard InChI is InChI=1S/C10H16N2/c1-3-9(7-11-5-1)10-4-2-6-12-8-10/h1,3,8-9,11-12H,2,4-7H2. The Balaban J connectivity index is 2.01. The largest absolute Gasteiger partial charge is 0.391 e. The maximum Gasteiger partial charge on any atom is 0.0144 e. The highest BCUT2D eigenvalue weighted by Crippen LogP contribution is 2.20. The zero-order valence-electron chi connectivity index (χ0n) is 7.34. The van der Waals surface area contributed by atoms with Crippen LogP contribution in [0.3, 0.4) is 0 Å². The van der Waals surface area contributed by atoms with Crippen molar-refractivity contribution in [1.29, 1.82) is 0 Å². The Morgan fingerprint density at radius 2 is 2.42 bits per heavy atom. The molecule has 0 radical (unpaired) electrons. The van der Waals surface area contributed by atoms with Crippen LogP contribution in [0, 0.1) is 5.92 Å². The molecule has 0 fully saturated rings. The first kappa shape index (κ1) is 7.87. The molecule has 0 saturated heterocycles. The van der Waals surface area contributed by atoms with Gasteiger partial charge < -0.3 is 10.6 Å². The zero-order chi connectivity index (χ0) is 8.23. The molecule has 0 aromatic heterocycles. The third-order valence-electron chi connectivity index (χ3n) is 2.55. The second-order valence-corrected chi connectivity index (χ2v) is 3.47. The quantitative estimate of drug-likeness (QED) is 0.566. The van der Waals surface area contributed by atoms with Crippen molar-refractivity contribution in [2.45, 2.75) is 12.8 Å². The first-order valence-electron chi connectivity index (χ1n) is 4.76. The van der Waals surface area contributed by atoms with E-state index in [1.54, 1.807) is 5.57 Å². The minimum atomic E-state index is 0.645. The van der Waals surface area contributed by atoms with Gasteiger partial charge in [-0.3, -0.25) is 0 Å². The lowest BCUT2D eigenvalue weighted by Crippen LogP contribution is -2.29. The molecule has 1 atom stereocenters. The van der Waals surface area contributed by atoms with Crippen molar-refractivity contribution in [2.24, 2.45) is 5.92 Å². The lowest BCUT2D eigenvalue weighted by molar-refractivity contribution is 0.566. The number of hydrogen-bond donors (Lipinski definition) is 2. The van der Waals surface area contributed by atoms with Crippen molar-refractivity contribution >= 4 is 0 Å². The molecule has 2 heteroatoms. The van der Waals surface area contributed by atoms with Crippen LogP contribution in [0.5, 0.6) is 0 Å². The van der Waals surface area contributed by atoms with Crippen molar-refractivity contribution in [1.82, 2.24) is 10.6 Å². The van der Waals surface area contributed by atoms with E-state index in [-0.39, 0.29) is 0 Å². The fraction of sp³-hybridized carbons (Fsp3) is 0.600. The molecule has 0 aromatic carbocycles. The molecule has 0 saturated carbocycles. The molecule has 2 heterocycles. The molecule has 66 valence electrons. The summed E-state index contributed by atoms with van der Waals surface area (Å²) in [5.41, 5.74) is 1.56. The van der Waals surface area contributed by atoms with E-state index in [4.69, 9.17) is 0 Å². The van der Waals surface area contributed by atoms with Crippen LogP contribution in [0.25, 0.3) is 0 Å². The van der Waals surface area contributed by atoms with Crippen LogP contribution in [0.1, 0.15) is 12.8 Å². The lowest BCUT2D eigenvalue weighted by atomic mass is 9.92. The fourth-order valence-electron chi connectivity index (χ4n) is 1.84. The molecular formula is C10H16N2. The summed E-state index contributed by atoms with van der Waals surface area (Å²) in [5, 5.41) is 6.69. The maximum atomic E-state index is 3.38. The summed E-state index contributed by atoms with van der Waals surface area (Å²) >= 11 is 0. The van der Waals surface area contributed by atoms with Gasteiger partial charge in [-0.2, -0.15) is 0 Å². The summed E-state index contributed by atoms with van der Waals surface area (Å²) in [5.74, 6) is 0.645. The van der Waals surface area contributed by atoms with Gasteiger partial charge >= 0.3 is 0 Å². The van der Waals surface area contributed by atoms with E-state index in [1.165, 1.54) is 12.8 Å². The maximum absolute atomic E-state index is 3.38. The Morgan fingerprint density at radius 1 is 1.42 bits per heavy atom. The number of rotatable bonds is 1. The van der Waals surface area contributed by atoms with Crippen molar-refractivity contribution in [3.63, 3.8) is 0 Å². The first-order chi connectivity index (χ1) is 5.97. The second-order valence-electron chi connectivity index (χ2n) is 3.47. The van der Waals surface area contributed by atoms with E-state index < -0.39 is 0 Å². The molecule has 2 rings (SSSR count). The summed E-state index contributed by atoms with van der Waals surface area (Å²) in [7, 11) is 0. The van der Waals surface area contributed by atoms with E-state index in [0.717, 1.165) is 19.6 Å². The van der Waals surface area contributed by atoms with Crippen LogP contribution in [0.15, 0.2) is 23.9 Å². The molecule has 0 aromatic rings. The van der Waals surface area contributed by atoms with Crippen molar-refractivity contribution in [2.75, 3.05) is 19.6 Å². The van der Waals surface area contributed by atoms with E-state index >= 15 is 0 Å². The Labute approximate surface area is 73.7 Å². The number of hydrogen-bond acceptors (Lipinski definition) is 2. The summed E-state index contributed by atoms with van der Waals surface area (Å²) in [6.45, 7) is 3.30. The Hall–Kier alpha value is -0.760. The highest BCUT2D eigenvalue weighted by atomic mass is 14.9. The second kappa shape index (κ2) is 3.76. The third-order valence-corrected chi connectivity index (χ3v) is 2.55. The molecule has 1 unspecified atom stereocenters. The summed E-state index contributed by atoms with van der Waals surface area (Å²) < 4.78 is 0. The lowest BCUT2D eigenvalue weighted by Gasteiger charge is -2.23. The minimum Gasteiger partial charge on any atom is -0.391 e. The highest BCUT2D eigenvalue weighted by Gasteiger charge is 2.14. The number of nitrogens with one attached hydrogen (secondary N) is 2. The summed E-state index contributed by atoms with van der Waals surface area (Å²) in [6.07, 6.45) is 9.31. The SMILES string of the molecule is C1=CC(C2=CNCCC2)CNC1. The van der Waals surface area contributed by atoms with E-state index in [2.05, 4.69) is 29.0 Å². The van der Waals surface area contributed by atoms with Gasteiger partial charge in [-0.15, -0.1) is 0 Å². The molecule has 2 nitrogen and oxygen atoms in total. The smallest absolute Gasteiger partial charge is 0.0144 e. The average Bonchev–Trinajstić information content (AvgIpc) is 2.21. The third kappa shape index (κ3) is 1.69. The fourth-order valence-corrected chi connectivity index (χ4v) is 1.84. The zero-order valence-corrected chi connectivity index (χ0v) is 7.34. The Morgan fingerprint density at radius 3 is 3.08 bits per heavy atom. The van der Waals surface area contributed by atoms with Gasteiger partial charge in [0.15, 0.2) is 0 Å². The van der Waals surface area contributed by atoms with E-state index in [1.807, 2.05) is 0 Å². The van der Waals surface area contributed by atoms with Crippen molar-refractivity contribution < 1.29 is 0 Å². The normalized spacial score (nSPS) is 29.3. The van der Waals surface area contributed by atoms with Crippen LogP contribution in [0.4, 0.5) is 0 Å². The summed E-state index contributed by atoms with van der Waals surface area (Å²) in [4.78, 5) is 0. The summed E-state index contributed by atoms with van der Waals surface area (Å²) in [6, 6.07) is 0. The topological polar surface area (TPSA) is 24.1 Å². The molecular weight excluding hydrogens is 148 g/mol. The van der Waals surface area contributed by atoms with Gasteiger partial charge in [-0.05, 0) is 24.6 Å². The van der Waals surface area contributed by atoms with Crippen LogP contribution in [-0.4, -0.2) is 19.6 Å². The first-order valence-corrected chi connectivity index (χ1v) is 4.76. The van der Waals surface area contributed by atoms with Gasteiger partial charge in [-0.25, -0.2) is 0 Å². The average molecular weight is 164 g/mol. The Kier molecular flexibility index (Phi) is 2.47. The molecule has 2 aliphatic rings. The van der Waals surface area contributed by atoms with Gasteiger partial charge in [0.05, 0.1) is 0 Å². The van der Waals surface area contributed by atoms with Crippen LogP contribution >= 0.6 is 0 Å². The molecule has 0 aliphatic carbocycles. The predicted octanol–water partition coefficient (Wildman–Crippen LogP) is 1.03. The molecule has 2 aliphatic heterocycles. The van der Waals surface area contributed by atoms with Crippen molar-refractivity contribution in [3.05, 3.63) is 23.9 Å². The van der Waals surface area contributed by atoms with Gasteiger partial charge in [-0.1, -0.05) is 12.2 Å². The van der Waals surface area contributed by atoms with Crippen LogP contribution in [0.2, 0.25) is 0 Å². The predicted molar refractivity (Wildman–Crippen MR) is 50.8 cm³/mol. The van der Waals surface area contributed by atoms with Gasteiger partial charge in [0, 0.05) is 25.6 Å². The van der Waals surface area contributed by atoms with Crippen LogP contribution in [-0.2, 0) is 0 Å². The Bertz CT molecular complexity index is 206. The van der Waals surface area contributed by atoms with Gasteiger partial charge in [0.1, 0.15) is 0 Å². The van der Waals surface area contributed by atoms with Gasteiger partial charge in [0.2, 0.25) is 0 Å². The van der Waals surface area contributed by atoms with Gasteiger partial charge in [0.25, 0.3) is 0 Å². The highest BCUT2D eigenvalue weighted by molar-refractivity contribution is 5.17. The molecule has 0 amide bonds. The van der Waals surface area contributed by atoms with Crippen molar-refractivity contribution in [3.8, 4) is 0 Å². The molecule has 0 spiro atoms. The molecule has 12 heavy (non-hydrogen) atoms.